The maximum absolute atomic E-state index is 5.40. The summed E-state index contributed by atoms with van der Waals surface area (Å²) in [5, 5.41) is 4.57. The van der Waals surface area contributed by atoms with E-state index in [0.717, 1.165) is 48.9 Å². The van der Waals surface area contributed by atoms with Gasteiger partial charge >= 0.3 is 0 Å². The maximum atomic E-state index is 5.40. The van der Waals surface area contributed by atoms with Crippen LogP contribution in [0.25, 0.3) is 0 Å². The topological polar surface area (TPSA) is 42.8 Å². The van der Waals surface area contributed by atoms with Gasteiger partial charge in [-0.25, -0.2) is 0 Å². The first-order chi connectivity index (χ1) is 12.0. The molecule has 2 aromatic rings. The molecule has 1 aliphatic rings. The Morgan fingerprint density at radius 3 is 2.40 bits per heavy atom. The smallest absolute Gasteiger partial charge is 0.124 e. The molecular formula is C19H28N4O2. The fourth-order valence-corrected chi connectivity index (χ4v) is 3.41. The average molecular weight is 344 g/mol. The lowest BCUT2D eigenvalue weighted by Crippen LogP contribution is -2.34. The molecule has 1 fully saturated rings. The number of anilines is 1. The summed E-state index contributed by atoms with van der Waals surface area (Å²) in [6, 6.07) is 8.74. The molecule has 0 radical (unpaired) electrons. The second kappa shape index (κ2) is 7.35. The number of hydrogen-bond donors (Lipinski definition) is 0. The van der Waals surface area contributed by atoms with Gasteiger partial charge in [0, 0.05) is 62.3 Å². The van der Waals surface area contributed by atoms with Crippen LogP contribution < -0.4 is 14.4 Å². The second-order valence-corrected chi connectivity index (χ2v) is 6.78. The molecule has 6 nitrogen and oxygen atoms in total. The lowest BCUT2D eigenvalue weighted by atomic mass is 10.2. The van der Waals surface area contributed by atoms with Crippen LogP contribution in [0.2, 0.25) is 0 Å². The number of rotatable bonds is 6. The number of aromatic nitrogens is 2. The summed E-state index contributed by atoms with van der Waals surface area (Å²) in [5.41, 5.74) is 3.48. The van der Waals surface area contributed by atoms with Gasteiger partial charge in [0.25, 0.3) is 0 Å². The average Bonchev–Trinajstić information content (AvgIpc) is 3.22. The first-order valence-corrected chi connectivity index (χ1v) is 8.68. The highest BCUT2D eigenvalue weighted by molar-refractivity contribution is 5.56. The van der Waals surface area contributed by atoms with E-state index < -0.39 is 0 Å². The monoisotopic (exact) mass is 344 g/mol. The fourth-order valence-electron chi connectivity index (χ4n) is 3.41. The number of nitrogens with zero attached hydrogens (tertiary/aromatic N) is 4. The van der Waals surface area contributed by atoms with Crippen molar-refractivity contribution >= 4 is 5.69 Å². The molecule has 0 unspecified atom stereocenters. The van der Waals surface area contributed by atoms with Crippen LogP contribution in [0.15, 0.2) is 24.3 Å². The van der Waals surface area contributed by atoms with Gasteiger partial charge in [0.05, 0.1) is 19.9 Å². The largest absolute Gasteiger partial charge is 0.497 e. The molecule has 0 spiro atoms. The molecule has 6 heteroatoms. The summed E-state index contributed by atoms with van der Waals surface area (Å²) in [6.07, 6.45) is 1.14. The van der Waals surface area contributed by atoms with Crippen LogP contribution in [0.1, 0.15) is 17.8 Å². The van der Waals surface area contributed by atoms with Crippen LogP contribution >= 0.6 is 0 Å². The summed E-state index contributed by atoms with van der Waals surface area (Å²) >= 11 is 0. The van der Waals surface area contributed by atoms with Crippen LogP contribution in [0.3, 0.4) is 0 Å². The minimum Gasteiger partial charge on any atom is -0.497 e. The Kier molecular flexibility index (Phi) is 5.18. The van der Waals surface area contributed by atoms with Crippen molar-refractivity contribution in [3.8, 4) is 11.5 Å². The van der Waals surface area contributed by atoms with E-state index in [4.69, 9.17) is 9.47 Å². The first-order valence-electron chi connectivity index (χ1n) is 8.68. The Bertz CT molecular complexity index is 686. The molecule has 1 aromatic heterocycles. The molecule has 0 N–H and O–H groups in total. The van der Waals surface area contributed by atoms with E-state index in [2.05, 4.69) is 47.1 Å². The van der Waals surface area contributed by atoms with Crippen molar-refractivity contribution in [2.75, 3.05) is 39.3 Å². The maximum Gasteiger partial charge on any atom is 0.124 e. The Hall–Kier alpha value is -2.21. The Balaban J connectivity index is 1.66. The third kappa shape index (κ3) is 3.90. The zero-order chi connectivity index (χ0) is 18.0. The summed E-state index contributed by atoms with van der Waals surface area (Å²) in [5.74, 6) is 1.66. The lowest BCUT2D eigenvalue weighted by molar-refractivity contribution is 0.247. The van der Waals surface area contributed by atoms with E-state index in [1.54, 1.807) is 14.2 Å². The van der Waals surface area contributed by atoms with Gasteiger partial charge in [0.1, 0.15) is 11.5 Å². The third-order valence-corrected chi connectivity index (χ3v) is 5.06. The number of methoxy groups -OCH3 is 2. The van der Waals surface area contributed by atoms with E-state index in [0.29, 0.717) is 6.04 Å². The zero-order valence-corrected chi connectivity index (χ0v) is 15.8. The van der Waals surface area contributed by atoms with Gasteiger partial charge in [-0.1, -0.05) is 0 Å². The van der Waals surface area contributed by atoms with Gasteiger partial charge in [-0.2, -0.15) is 5.10 Å². The second-order valence-electron chi connectivity index (χ2n) is 6.78. The lowest BCUT2D eigenvalue weighted by Gasteiger charge is -2.25. The van der Waals surface area contributed by atoms with Crippen molar-refractivity contribution in [3.63, 3.8) is 0 Å². The highest BCUT2D eigenvalue weighted by Crippen LogP contribution is 2.31. The molecule has 1 saturated heterocycles. The molecule has 2 heterocycles. The van der Waals surface area contributed by atoms with Crippen LogP contribution in [-0.4, -0.2) is 55.1 Å². The summed E-state index contributed by atoms with van der Waals surface area (Å²) < 4.78 is 12.7. The van der Waals surface area contributed by atoms with Crippen LogP contribution in [-0.2, 0) is 13.6 Å². The molecule has 1 aliphatic heterocycles. The Morgan fingerprint density at radius 1 is 1.16 bits per heavy atom. The van der Waals surface area contributed by atoms with Gasteiger partial charge in [-0.05, 0) is 26.5 Å². The summed E-state index contributed by atoms with van der Waals surface area (Å²) in [6.45, 7) is 5.00. The van der Waals surface area contributed by atoms with E-state index in [1.807, 2.05) is 17.8 Å². The van der Waals surface area contributed by atoms with Gasteiger partial charge in [-0.3, -0.25) is 9.58 Å². The van der Waals surface area contributed by atoms with Crippen molar-refractivity contribution in [1.82, 2.24) is 14.7 Å². The standard InChI is InChI=1S/C19H28N4O2/c1-14-8-15(20-22(14)3)12-21(2)16-6-7-23(13-16)17-9-18(24-4)11-19(10-17)25-5/h8-11,16H,6-7,12-13H2,1-5H3/t16-/m1/s1. The predicted octanol–water partition coefficient (Wildman–Crippen LogP) is 2.46. The molecular weight excluding hydrogens is 316 g/mol. The number of aryl methyl sites for hydroxylation is 2. The van der Waals surface area contributed by atoms with Crippen molar-refractivity contribution < 1.29 is 9.47 Å². The van der Waals surface area contributed by atoms with Crippen LogP contribution in [0.4, 0.5) is 5.69 Å². The molecule has 25 heavy (non-hydrogen) atoms. The molecule has 1 atom stereocenters. The van der Waals surface area contributed by atoms with Gasteiger partial charge in [0.15, 0.2) is 0 Å². The number of benzene rings is 1. The first kappa shape index (κ1) is 17.6. The molecule has 0 amide bonds. The number of likely N-dealkylation sites (N-methyl/N-ethyl adjacent to an activating group) is 1. The molecule has 0 saturated carbocycles. The quantitative estimate of drug-likeness (QED) is 0.805. The molecule has 3 rings (SSSR count). The molecule has 0 aliphatic carbocycles. The molecule has 1 aromatic carbocycles. The van der Waals surface area contributed by atoms with E-state index in [-0.39, 0.29) is 0 Å². The Morgan fingerprint density at radius 2 is 1.84 bits per heavy atom. The zero-order valence-electron chi connectivity index (χ0n) is 15.8. The van der Waals surface area contributed by atoms with Crippen molar-refractivity contribution in [3.05, 3.63) is 35.7 Å². The van der Waals surface area contributed by atoms with Crippen molar-refractivity contribution in [2.45, 2.75) is 25.9 Å². The predicted molar refractivity (Wildman–Crippen MR) is 99.6 cm³/mol. The summed E-state index contributed by atoms with van der Waals surface area (Å²) in [7, 11) is 7.55. The minimum atomic E-state index is 0.513. The van der Waals surface area contributed by atoms with E-state index in [1.165, 1.54) is 5.69 Å². The molecule has 136 valence electrons. The fraction of sp³-hybridized carbons (Fsp3) is 0.526. The van der Waals surface area contributed by atoms with E-state index in [9.17, 15) is 0 Å². The minimum absolute atomic E-state index is 0.513. The number of ether oxygens (including phenoxy) is 2. The van der Waals surface area contributed by atoms with Gasteiger partial charge < -0.3 is 14.4 Å². The highest BCUT2D eigenvalue weighted by Gasteiger charge is 2.27. The van der Waals surface area contributed by atoms with Crippen LogP contribution in [0, 0.1) is 6.92 Å². The Labute approximate surface area is 149 Å². The van der Waals surface area contributed by atoms with Crippen molar-refractivity contribution in [2.24, 2.45) is 7.05 Å². The SMILES string of the molecule is COc1cc(OC)cc(N2CC[C@@H](N(C)Cc3cc(C)n(C)n3)C2)c1. The number of hydrogen-bond acceptors (Lipinski definition) is 5. The summed E-state index contributed by atoms with van der Waals surface area (Å²) in [4.78, 5) is 4.80. The third-order valence-electron chi connectivity index (χ3n) is 5.06. The highest BCUT2D eigenvalue weighted by atomic mass is 16.5. The van der Waals surface area contributed by atoms with Gasteiger partial charge in [0.2, 0.25) is 0 Å². The normalized spacial score (nSPS) is 17.4. The van der Waals surface area contributed by atoms with E-state index >= 15 is 0 Å². The van der Waals surface area contributed by atoms with Crippen LogP contribution in [0.5, 0.6) is 11.5 Å². The molecule has 0 bridgehead atoms. The van der Waals surface area contributed by atoms with Crippen molar-refractivity contribution in [1.29, 1.82) is 0 Å². The van der Waals surface area contributed by atoms with Gasteiger partial charge in [-0.15, -0.1) is 0 Å².